The van der Waals surface area contributed by atoms with Crippen molar-refractivity contribution in [3.8, 4) is 0 Å². The second-order valence-corrected chi connectivity index (χ2v) is 2.18. The lowest BCUT2D eigenvalue weighted by atomic mass is 10.1. The topological polar surface area (TPSA) is 9.23 Å². The van der Waals surface area contributed by atoms with Gasteiger partial charge < -0.3 is 4.74 Å². The largest absolute Gasteiger partial charge is 0.385 e. The van der Waals surface area contributed by atoms with Crippen LogP contribution in [0.5, 0.6) is 0 Å². The second-order valence-electron chi connectivity index (χ2n) is 2.18. The molecule has 0 spiro atoms. The van der Waals surface area contributed by atoms with E-state index < -0.39 is 0 Å². The van der Waals surface area contributed by atoms with E-state index in [0.717, 1.165) is 12.5 Å². The summed E-state index contributed by atoms with van der Waals surface area (Å²) in [6.07, 6.45) is 1.18. The lowest BCUT2D eigenvalue weighted by Crippen LogP contribution is -1.93. The molecular weight excluding hydrogens is 150 g/mol. The number of hydrogen-bond acceptors (Lipinski definition) is 1. The molecule has 0 saturated heterocycles. The van der Waals surface area contributed by atoms with Crippen LogP contribution in [-0.2, 0) is 4.74 Å². The van der Waals surface area contributed by atoms with Gasteiger partial charge in [-0.05, 0) is 12.3 Å². The number of hydrogen-bond donors (Lipinski definition) is 0. The van der Waals surface area contributed by atoms with E-state index in [1.165, 1.54) is 6.42 Å². The summed E-state index contributed by atoms with van der Waals surface area (Å²) in [6.45, 7) is 5.29. The van der Waals surface area contributed by atoms with Gasteiger partial charge in [0.2, 0.25) is 0 Å². The van der Waals surface area contributed by atoms with Gasteiger partial charge in [0.15, 0.2) is 0 Å². The Kier molecular flexibility index (Phi) is 21.2. The molecule has 0 fully saturated rings. The van der Waals surface area contributed by atoms with Crippen molar-refractivity contribution in [2.45, 2.75) is 20.3 Å². The van der Waals surface area contributed by atoms with Gasteiger partial charge in [0.25, 0.3) is 0 Å². The molecule has 60 valence electrons. The minimum Gasteiger partial charge on any atom is -0.385 e. The molecule has 0 aliphatic heterocycles. The Bertz CT molecular complexity index is 40.0. The van der Waals surface area contributed by atoms with Gasteiger partial charge in [0.1, 0.15) is 0 Å². The summed E-state index contributed by atoms with van der Waals surface area (Å²) in [6, 6.07) is 0. The molecule has 0 N–H and O–H groups in total. The van der Waals surface area contributed by atoms with Crippen LogP contribution in [0.2, 0.25) is 0 Å². The van der Waals surface area contributed by atoms with Crippen LogP contribution in [0.15, 0.2) is 0 Å². The zero-order chi connectivity index (χ0) is 5.70. The predicted octanol–water partition coefficient (Wildman–Crippen LogP) is 1.80. The maximum absolute atomic E-state index is 4.85. The van der Waals surface area contributed by atoms with E-state index in [0.29, 0.717) is 0 Å². The standard InChI is InChI=1S/C6H14O.2H3P/c1-6(2)4-5-7-3;;/h6H,4-5H2,1-3H3;2*1H3. The third-order valence-corrected chi connectivity index (χ3v) is 0.899. The zero-order valence-electron chi connectivity index (χ0n) is 6.81. The zero-order valence-corrected chi connectivity index (χ0v) is 9.64. The molecule has 1 nitrogen and oxygen atoms in total. The maximum atomic E-state index is 4.85. The molecule has 0 aromatic heterocycles. The number of ether oxygens (including phenoxy) is 1. The van der Waals surface area contributed by atoms with Crippen LogP contribution in [0.1, 0.15) is 20.3 Å². The maximum Gasteiger partial charge on any atom is 0.0464 e. The first-order valence-corrected chi connectivity index (χ1v) is 2.76. The third kappa shape index (κ3) is 17.7. The van der Waals surface area contributed by atoms with Crippen molar-refractivity contribution in [1.82, 2.24) is 0 Å². The summed E-state index contributed by atoms with van der Waals surface area (Å²) in [5.74, 6) is 0.778. The predicted molar refractivity (Wildman–Crippen MR) is 53.5 cm³/mol. The Morgan fingerprint density at radius 2 is 1.67 bits per heavy atom. The number of methoxy groups -OCH3 is 1. The molecule has 2 unspecified atom stereocenters. The van der Waals surface area contributed by atoms with Crippen LogP contribution in [0, 0.1) is 5.92 Å². The Labute approximate surface area is 65.2 Å². The molecule has 0 aromatic carbocycles. The van der Waals surface area contributed by atoms with Gasteiger partial charge in [-0.15, -0.1) is 0 Å². The quantitative estimate of drug-likeness (QED) is 0.587. The van der Waals surface area contributed by atoms with Gasteiger partial charge in [-0.25, -0.2) is 0 Å². The van der Waals surface area contributed by atoms with E-state index >= 15 is 0 Å². The minimum absolute atomic E-state index is 0. The number of rotatable bonds is 3. The molecular formula is C6H20OP2. The molecule has 0 rings (SSSR count). The van der Waals surface area contributed by atoms with Crippen molar-refractivity contribution in [3.05, 3.63) is 0 Å². The fourth-order valence-corrected chi connectivity index (χ4v) is 0.354. The molecule has 0 aromatic rings. The van der Waals surface area contributed by atoms with Crippen molar-refractivity contribution in [1.29, 1.82) is 0 Å². The van der Waals surface area contributed by atoms with E-state index in [9.17, 15) is 0 Å². The Morgan fingerprint density at radius 1 is 1.22 bits per heavy atom. The first kappa shape index (κ1) is 16.4. The molecule has 2 atom stereocenters. The smallest absolute Gasteiger partial charge is 0.0464 e. The molecule has 9 heavy (non-hydrogen) atoms. The summed E-state index contributed by atoms with van der Waals surface area (Å²) in [5.41, 5.74) is 0. The highest BCUT2D eigenvalue weighted by molar-refractivity contribution is 6.92. The first-order valence-electron chi connectivity index (χ1n) is 2.76. The van der Waals surface area contributed by atoms with Gasteiger partial charge in [-0.3, -0.25) is 0 Å². The van der Waals surface area contributed by atoms with E-state index in [1.807, 2.05) is 0 Å². The molecule has 3 heteroatoms. The Hall–Kier alpha value is 0.820. The monoisotopic (exact) mass is 170 g/mol. The van der Waals surface area contributed by atoms with Crippen molar-refractivity contribution < 1.29 is 4.74 Å². The van der Waals surface area contributed by atoms with Crippen LogP contribution in [0.3, 0.4) is 0 Å². The molecule has 0 aliphatic rings. The van der Waals surface area contributed by atoms with Gasteiger partial charge in [-0.1, -0.05) is 13.8 Å². The van der Waals surface area contributed by atoms with Gasteiger partial charge in [0.05, 0.1) is 0 Å². The van der Waals surface area contributed by atoms with E-state index in [4.69, 9.17) is 4.74 Å². The van der Waals surface area contributed by atoms with Crippen molar-refractivity contribution in [2.75, 3.05) is 13.7 Å². The van der Waals surface area contributed by atoms with Gasteiger partial charge >= 0.3 is 0 Å². The summed E-state index contributed by atoms with van der Waals surface area (Å²) in [7, 11) is 1.74. The Balaban J connectivity index is -0.000000180. The van der Waals surface area contributed by atoms with Crippen LogP contribution < -0.4 is 0 Å². The minimum atomic E-state index is 0. The molecule has 0 radical (unpaired) electrons. The van der Waals surface area contributed by atoms with Crippen molar-refractivity contribution in [3.63, 3.8) is 0 Å². The van der Waals surface area contributed by atoms with Crippen LogP contribution >= 0.6 is 19.8 Å². The molecule has 0 aliphatic carbocycles. The van der Waals surface area contributed by atoms with Gasteiger partial charge in [-0.2, -0.15) is 19.8 Å². The Morgan fingerprint density at radius 3 is 1.78 bits per heavy atom. The summed E-state index contributed by atoms with van der Waals surface area (Å²) >= 11 is 0. The fraction of sp³-hybridized carbons (Fsp3) is 1.00. The van der Waals surface area contributed by atoms with Crippen molar-refractivity contribution >= 4 is 19.8 Å². The van der Waals surface area contributed by atoms with Crippen LogP contribution in [0.25, 0.3) is 0 Å². The van der Waals surface area contributed by atoms with Crippen molar-refractivity contribution in [2.24, 2.45) is 5.92 Å². The van der Waals surface area contributed by atoms with E-state index in [-0.39, 0.29) is 19.8 Å². The normalized spacial score (nSPS) is 8.00. The highest BCUT2D eigenvalue weighted by Crippen LogP contribution is 1.96. The fourth-order valence-electron chi connectivity index (χ4n) is 0.354. The van der Waals surface area contributed by atoms with E-state index in [1.54, 1.807) is 7.11 Å². The second kappa shape index (κ2) is 11.6. The lowest BCUT2D eigenvalue weighted by molar-refractivity contribution is 0.183. The van der Waals surface area contributed by atoms with Crippen LogP contribution in [0.4, 0.5) is 0 Å². The SMILES string of the molecule is COCCC(C)C.P.P. The van der Waals surface area contributed by atoms with Gasteiger partial charge in [0, 0.05) is 13.7 Å². The van der Waals surface area contributed by atoms with Crippen LogP contribution in [-0.4, -0.2) is 13.7 Å². The lowest BCUT2D eigenvalue weighted by Gasteiger charge is -1.99. The average molecular weight is 170 g/mol. The molecule has 0 saturated carbocycles. The average Bonchev–Trinajstić information content (AvgIpc) is 1.61. The third-order valence-electron chi connectivity index (χ3n) is 0.899. The summed E-state index contributed by atoms with van der Waals surface area (Å²) in [5, 5.41) is 0. The molecule has 0 heterocycles. The summed E-state index contributed by atoms with van der Waals surface area (Å²) < 4.78 is 4.85. The van der Waals surface area contributed by atoms with E-state index in [2.05, 4.69) is 13.8 Å². The highest BCUT2D eigenvalue weighted by Gasteiger charge is 1.89. The first-order chi connectivity index (χ1) is 3.27. The highest BCUT2D eigenvalue weighted by atomic mass is 31.0. The summed E-state index contributed by atoms with van der Waals surface area (Å²) in [4.78, 5) is 0. The molecule has 0 bridgehead atoms. The molecule has 0 amide bonds.